The number of aromatic nitrogens is 1. The van der Waals surface area contributed by atoms with E-state index in [1.54, 1.807) is 0 Å². The molecule has 0 fully saturated rings. The van der Waals surface area contributed by atoms with Crippen molar-refractivity contribution in [2.24, 2.45) is 0 Å². The molecule has 0 radical (unpaired) electrons. The zero-order valence-electron chi connectivity index (χ0n) is 7.99. The third-order valence-corrected chi connectivity index (χ3v) is 1.65. The summed E-state index contributed by atoms with van der Waals surface area (Å²) in [6.07, 6.45) is -3.19. The molecule has 16 heavy (non-hydrogen) atoms. The van der Waals surface area contributed by atoms with Crippen molar-refractivity contribution >= 4 is 5.97 Å². The number of carbonyl (C=O) groups is 1. The molecule has 1 aromatic rings. The highest BCUT2D eigenvalue weighted by molar-refractivity contribution is 5.90. The molecular formula is C9H8F3NO3. The first-order valence-corrected chi connectivity index (χ1v) is 4.27. The van der Waals surface area contributed by atoms with Gasteiger partial charge in [0, 0.05) is 12.4 Å². The lowest BCUT2D eigenvalue weighted by atomic mass is 10.2. The van der Waals surface area contributed by atoms with E-state index in [0.717, 1.165) is 6.20 Å². The van der Waals surface area contributed by atoms with Gasteiger partial charge in [-0.15, -0.1) is 0 Å². The van der Waals surface area contributed by atoms with Gasteiger partial charge in [0.2, 0.25) is 0 Å². The molecule has 0 bridgehead atoms. The molecule has 1 heterocycles. The molecule has 1 rings (SSSR count). The second-order valence-electron chi connectivity index (χ2n) is 2.89. The summed E-state index contributed by atoms with van der Waals surface area (Å²) in [6.45, 7) is -0.617. The molecule has 0 aromatic carbocycles. The predicted octanol–water partition coefficient (Wildman–Crippen LogP) is 2.11. The Bertz CT molecular complexity index is 379. The number of hydrogen-bond acceptors (Lipinski definition) is 3. The van der Waals surface area contributed by atoms with E-state index in [2.05, 4.69) is 4.98 Å². The van der Waals surface area contributed by atoms with Crippen LogP contribution in [-0.2, 0) is 0 Å². The molecule has 1 N–H and O–H groups in total. The van der Waals surface area contributed by atoms with Crippen LogP contribution in [0.2, 0.25) is 0 Å². The first-order chi connectivity index (χ1) is 7.40. The summed E-state index contributed by atoms with van der Waals surface area (Å²) in [5.74, 6) is -1.41. The number of alkyl halides is 3. The zero-order chi connectivity index (χ0) is 12.2. The minimum absolute atomic E-state index is 0.119. The Hall–Kier alpha value is -1.79. The summed E-state index contributed by atoms with van der Waals surface area (Å²) in [5, 5.41) is 8.68. The average molecular weight is 235 g/mol. The number of carboxylic acid groups (broad SMARTS) is 1. The van der Waals surface area contributed by atoms with Gasteiger partial charge in [0.05, 0.1) is 13.0 Å². The Kier molecular flexibility index (Phi) is 3.70. The molecule has 0 aliphatic carbocycles. The van der Waals surface area contributed by atoms with Crippen molar-refractivity contribution in [2.75, 3.05) is 6.61 Å². The lowest BCUT2D eigenvalue weighted by Crippen LogP contribution is -2.14. The van der Waals surface area contributed by atoms with E-state index in [9.17, 15) is 18.0 Å². The van der Waals surface area contributed by atoms with Gasteiger partial charge >= 0.3 is 12.1 Å². The van der Waals surface area contributed by atoms with E-state index < -0.39 is 25.2 Å². The van der Waals surface area contributed by atoms with Crippen molar-refractivity contribution in [3.63, 3.8) is 0 Å². The standard InChI is InChI=1S/C9H8F3NO3/c10-9(11,12)2-4-16-7-1-3-13-5-6(7)8(14)15/h1,3,5H,2,4H2,(H,14,15). The van der Waals surface area contributed by atoms with Crippen molar-refractivity contribution in [3.8, 4) is 5.75 Å². The van der Waals surface area contributed by atoms with Gasteiger partial charge < -0.3 is 9.84 Å². The van der Waals surface area contributed by atoms with Gasteiger partial charge in [-0.05, 0) is 6.07 Å². The molecule has 0 spiro atoms. The molecule has 0 atom stereocenters. The van der Waals surface area contributed by atoms with Crippen LogP contribution in [0.3, 0.4) is 0 Å². The van der Waals surface area contributed by atoms with Crippen LogP contribution in [-0.4, -0.2) is 28.8 Å². The Labute approximate surface area is 88.7 Å². The topological polar surface area (TPSA) is 59.4 Å². The Morgan fingerprint density at radius 1 is 1.50 bits per heavy atom. The maximum atomic E-state index is 11.8. The smallest absolute Gasteiger partial charge is 0.392 e. The Balaban J connectivity index is 2.64. The number of hydrogen-bond donors (Lipinski definition) is 1. The van der Waals surface area contributed by atoms with Gasteiger partial charge in [-0.25, -0.2) is 4.79 Å². The SMILES string of the molecule is O=C(O)c1cnccc1OCCC(F)(F)F. The van der Waals surface area contributed by atoms with Crippen LogP contribution in [0.1, 0.15) is 16.8 Å². The second-order valence-corrected chi connectivity index (χ2v) is 2.89. The van der Waals surface area contributed by atoms with Gasteiger partial charge in [-0.3, -0.25) is 4.98 Å². The number of pyridine rings is 1. The maximum Gasteiger partial charge on any atom is 0.392 e. The first-order valence-electron chi connectivity index (χ1n) is 4.27. The van der Waals surface area contributed by atoms with Crippen LogP contribution in [0, 0.1) is 0 Å². The molecule has 1 aromatic heterocycles. The van der Waals surface area contributed by atoms with Crippen molar-refractivity contribution < 1.29 is 27.8 Å². The van der Waals surface area contributed by atoms with Crippen LogP contribution in [0.4, 0.5) is 13.2 Å². The average Bonchev–Trinajstić information content (AvgIpc) is 2.16. The molecule has 4 nitrogen and oxygen atoms in total. The quantitative estimate of drug-likeness (QED) is 0.868. The molecule has 88 valence electrons. The van der Waals surface area contributed by atoms with Crippen LogP contribution in [0.25, 0.3) is 0 Å². The van der Waals surface area contributed by atoms with E-state index in [0.29, 0.717) is 0 Å². The minimum atomic E-state index is -4.32. The number of halogens is 3. The van der Waals surface area contributed by atoms with Crippen LogP contribution in [0.5, 0.6) is 5.75 Å². The van der Waals surface area contributed by atoms with E-state index in [-0.39, 0.29) is 11.3 Å². The summed E-state index contributed by atoms with van der Waals surface area (Å²) in [5.41, 5.74) is -0.260. The van der Waals surface area contributed by atoms with Gasteiger partial charge in [0.1, 0.15) is 11.3 Å². The number of aromatic carboxylic acids is 1. The van der Waals surface area contributed by atoms with Gasteiger partial charge in [-0.1, -0.05) is 0 Å². The number of rotatable bonds is 4. The predicted molar refractivity (Wildman–Crippen MR) is 47.4 cm³/mol. The highest BCUT2D eigenvalue weighted by Crippen LogP contribution is 2.21. The normalized spacial score (nSPS) is 11.2. The fourth-order valence-corrected chi connectivity index (χ4v) is 0.945. The summed E-state index contributed by atoms with van der Waals surface area (Å²) >= 11 is 0. The van der Waals surface area contributed by atoms with Crippen molar-refractivity contribution in [3.05, 3.63) is 24.0 Å². The molecule has 0 amide bonds. The third-order valence-electron chi connectivity index (χ3n) is 1.65. The summed E-state index contributed by atoms with van der Waals surface area (Å²) in [6, 6.07) is 1.21. The van der Waals surface area contributed by atoms with Crippen molar-refractivity contribution in [1.82, 2.24) is 4.98 Å². The Morgan fingerprint density at radius 3 is 2.75 bits per heavy atom. The molecule has 0 aliphatic heterocycles. The fraction of sp³-hybridized carbons (Fsp3) is 0.333. The van der Waals surface area contributed by atoms with Crippen molar-refractivity contribution in [2.45, 2.75) is 12.6 Å². The van der Waals surface area contributed by atoms with Gasteiger partial charge in [0.15, 0.2) is 0 Å². The summed E-state index contributed by atoms with van der Waals surface area (Å²) in [7, 11) is 0. The van der Waals surface area contributed by atoms with Gasteiger partial charge in [-0.2, -0.15) is 13.2 Å². The van der Waals surface area contributed by atoms with E-state index in [4.69, 9.17) is 9.84 Å². The molecule has 0 unspecified atom stereocenters. The second kappa shape index (κ2) is 4.82. The highest BCUT2D eigenvalue weighted by atomic mass is 19.4. The molecular weight excluding hydrogens is 227 g/mol. The Morgan fingerprint density at radius 2 is 2.19 bits per heavy atom. The first kappa shape index (κ1) is 12.3. The summed E-state index contributed by atoms with van der Waals surface area (Å²) in [4.78, 5) is 14.2. The number of carboxylic acids is 1. The zero-order valence-corrected chi connectivity index (χ0v) is 7.99. The monoisotopic (exact) mass is 235 g/mol. The molecule has 7 heteroatoms. The lowest BCUT2D eigenvalue weighted by Gasteiger charge is -2.09. The van der Waals surface area contributed by atoms with E-state index >= 15 is 0 Å². The highest BCUT2D eigenvalue weighted by Gasteiger charge is 2.27. The molecule has 0 saturated carbocycles. The van der Waals surface area contributed by atoms with E-state index in [1.165, 1.54) is 12.3 Å². The number of ether oxygens (including phenoxy) is 1. The molecule has 0 saturated heterocycles. The third kappa shape index (κ3) is 3.76. The number of nitrogens with zero attached hydrogens (tertiary/aromatic N) is 1. The van der Waals surface area contributed by atoms with E-state index in [1.807, 2.05) is 0 Å². The summed E-state index contributed by atoms with van der Waals surface area (Å²) < 4.78 is 40.2. The van der Waals surface area contributed by atoms with Gasteiger partial charge in [0.25, 0.3) is 0 Å². The van der Waals surface area contributed by atoms with Crippen molar-refractivity contribution in [1.29, 1.82) is 0 Å². The minimum Gasteiger partial charge on any atom is -0.492 e. The fourth-order valence-electron chi connectivity index (χ4n) is 0.945. The van der Waals surface area contributed by atoms with Crippen LogP contribution >= 0.6 is 0 Å². The molecule has 0 aliphatic rings. The lowest BCUT2D eigenvalue weighted by molar-refractivity contribution is -0.139. The maximum absolute atomic E-state index is 11.8. The van der Waals surface area contributed by atoms with Crippen LogP contribution in [0.15, 0.2) is 18.5 Å². The van der Waals surface area contributed by atoms with Crippen LogP contribution < -0.4 is 4.74 Å². The largest absolute Gasteiger partial charge is 0.492 e.